The summed E-state index contributed by atoms with van der Waals surface area (Å²) >= 11 is 0. The predicted molar refractivity (Wildman–Crippen MR) is 52.7 cm³/mol. The lowest BCUT2D eigenvalue weighted by molar-refractivity contribution is -0.00235. The summed E-state index contributed by atoms with van der Waals surface area (Å²) in [5.41, 5.74) is -0.433. The van der Waals surface area contributed by atoms with Gasteiger partial charge in [0.2, 0.25) is 0 Å². The second-order valence-electron chi connectivity index (χ2n) is 4.66. The van der Waals surface area contributed by atoms with Crippen LogP contribution in [0.3, 0.4) is 0 Å². The minimum Gasteiger partial charge on any atom is -0.389 e. The quantitative estimate of drug-likeness (QED) is 0.651. The number of aliphatic hydroxyl groups is 1. The minimum absolute atomic E-state index is 0.433. The molecule has 0 bridgehead atoms. The normalized spacial score (nSPS) is 30.0. The molecule has 2 fully saturated rings. The zero-order valence-corrected chi connectivity index (χ0v) is 8.42. The lowest BCUT2D eigenvalue weighted by Gasteiger charge is -2.34. The van der Waals surface area contributed by atoms with E-state index < -0.39 is 5.60 Å². The summed E-state index contributed by atoms with van der Waals surface area (Å²) in [7, 11) is 0. The van der Waals surface area contributed by atoms with Crippen molar-refractivity contribution in [1.82, 2.24) is 10.2 Å². The third-order valence-corrected chi connectivity index (χ3v) is 3.21. The van der Waals surface area contributed by atoms with E-state index in [1.54, 1.807) is 0 Å². The Morgan fingerprint density at radius 1 is 1.38 bits per heavy atom. The Balaban J connectivity index is 1.80. The smallest absolute Gasteiger partial charge is 0.0774 e. The van der Waals surface area contributed by atoms with Gasteiger partial charge in [-0.1, -0.05) is 0 Å². The van der Waals surface area contributed by atoms with Gasteiger partial charge in [-0.25, -0.2) is 0 Å². The molecule has 2 N–H and O–H groups in total. The summed E-state index contributed by atoms with van der Waals surface area (Å²) in [6.45, 7) is 7.17. The molecule has 1 unspecified atom stereocenters. The fraction of sp³-hybridized carbons (Fsp3) is 1.00. The first kappa shape index (κ1) is 9.44. The van der Waals surface area contributed by atoms with Crippen molar-refractivity contribution in [1.29, 1.82) is 0 Å². The van der Waals surface area contributed by atoms with Crippen molar-refractivity contribution >= 4 is 0 Å². The first-order valence-corrected chi connectivity index (χ1v) is 5.34. The van der Waals surface area contributed by atoms with Crippen LogP contribution in [0.4, 0.5) is 0 Å². The summed E-state index contributed by atoms with van der Waals surface area (Å²) < 4.78 is 0. The van der Waals surface area contributed by atoms with Gasteiger partial charge in [-0.2, -0.15) is 0 Å². The van der Waals surface area contributed by atoms with Gasteiger partial charge in [0.05, 0.1) is 5.60 Å². The molecule has 13 heavy (non-hydrogen) atoms. The van der Waals surface area contributed by atoms with Crippen molar-refractivity contribution in [2.24, 2.45) is 5.92 Å². The van der Waals surface area contributed by atoms with E-state index in [9.17, 15) is 5.11 Å². The van der Waals surface area contributed by atoms with Crippen molar-refractivity contribution in [2.75, 3.05) is 32.7 Å². The van der Waals surface area contributed by atoms with Crippen LogP contribution >= 0.6 is 0 Å². The van der Waals surface area contributed by atoms with Gasteiger partial charge in [-0.3, -0.25) is 4.90 Å². The Kier molecular flexibility index (Phi) is 2.58. The molecule has 0 aromatic heterocycles. The number of nitrogens with one attached hydrogen (secondary N) is 1. The third-order valence-electron chi connectivity index (χ3n) is 3.21. The van der Waals surface area contributed by atoms with E-state index in [1.165, 1.54) is 12.8 Å². The van der Waals surface area contributed by atoms with Gasteiger partial charge in [0, 0.05) is 32.7 Å². The SMILES string of the molecule is CC(O)(CN1CCNCC1)C1CC1. The molecule has 0 amide bonds. The topological polar surface area (TPSA) is 35.5 Å². The average molecular weight is 184 g/mol. The maximum atomic E-state index is 10.1. The van der Waals surface area contributed by atoms with Gasteiger partial charge in [0.1, 0.15) is 0 Å². The Bertz CT molecular complexity index is 172. The van der Waals surface area contributed by atoms with E-state index in [-0.39, 0.29) is 0 Å². The number of hydrogen-bond acceptors (Lipinski definition) is 3. The van der Waals surface area contributed by atoms with Crippen LogP contribution in [0.2, 0.25) is 0 Å². The van der Waals surface area contributed by atoms with E-state index in [2.05, 4.69) is 10.2 Å². The van der Waals surface area contributed by atoms with Crippen LogP contribution in [-0.4, -0.2) is 48.3 Å². The lowest BCUT2D eigenvalue weighted by atomic mass is 10.00. The predicted octanol–water partition coefficient (Wildman–Crippen LogP) is 0.0526. The Hall–Kier alpha value is -0.120. The molecule has 1 saturated carbocycles. The van der Waals surface area contributed by atoms with E-state index in [0.717, 1.165) is 32.7 Å². The molecule has 0 spiro atoms. The van der Waals surface area contributed by atoms with E-state index in [0.29, 0.717) is 5.92 Å². The van der Waals surface area contributed by atoms with Crippen molar-refractivity contribution in [3.63, 3.8) is 0 Å². The van der Waals surface area contributed by atoms with Crippen molar-refractivity contribution < 1.29 is 5.11 Å². The fourth-order valence-corrected chi connectivity index (χ4v) is 2.16. The summed E-state index contributed by atoms with van der Waals surface area (Å²) in [6, 6.07) is 0. The average Bonchev–Trinajstić information content (AvgIpc) is 2.87. The van der Waals surface area contributed by atoms with Gasteiger partial charge >= 0.3 is 0 Å². The van der Waals surface area contributed by atoms with Crippen LogP contribution in [0.1, 0.15) is 19.8 Å². The molecule has 1 atom stereocenters. The summed E-state index contributed by atoms with van der Waals surface area (Å²) in [5, 5.41) is 13.5. The van der Waals surface area contributed by atoms with Crippen molar-refractivity contribution in [3.05, 3.63) is 0 Å². The Morgan fingerprint density at radius 2 is 2.00 bits per heavy atom. The number of rotatable bonds is 3. The number of hydrogen-bond donors (Lipinski definition) is 2. The molecule has 2 aliphatic rings. The largest absolute Gasteiger partial charge is 0.389 e. The molecule has 1 heterocycles. The van der Waals surface area contributed by atoms with Gasteiger partial charge in [-0.15, -0.1) is 0 Å². The first-order chi connectivity index (χ1) is 6.18. The number of β-amino-alcohol motifs (C(OH)–C–C–N with tert-alkyl or cyclic N) is 1. The lowest BCUT2D eigenvalue weighted by Crippen LogP contribution is -2.50. The highest BCUT2D eigenvalue weighted by Crippen LogP contribution is 2.39. The molecular weight excluding hydrogens is 164 g/mol. The molecular formula is C10H20N2O. The van der Waals surface area contributed by atoms with Crippen molar-refractivity contribution in [3.8, 4) is 0 Å². The second kappa shape index (κ2) is 3.56. The van der Waals surface area contributed by atoms with Crippen molar-refractivity contribution in [2.45, 2.75) is 25.4 Å². The minimum atomic E-state index is -0.433. The maximum Gasteiger partial charge on any atom is 0.0774 e. The molecule has 0 aromatic rings. The molecule has 76 valence electrons. The molecule has 1 aliphatic heterocycles. The molecule has 0 aromatic carbocycles. The highest BCUT2D eigenvalue weighted by atomic mass is 16.3. The maximum absolute atomic E-state index is 10.1. The molecule has 3 nitrogen and oxygen atoms in total. The van der Waals surface area contributed by atoms with Crippen LogP contribution in [0, 0.1) is 5.92 Å². The van der Waals surface area contributed by atoms with Gasteiger partial charge in [-0.05, 0) is 25.7 Å². The highest BCUT2D eigenvalue weighted by molar-refractivity contribution is 4.93. The fourth-order valence-electron chi connectivity index (χ4n) is 2.16. The molecule has 3 heteroatoms. The van der Waals surface area contributed by atoms with Gasteiger partial charge in [0.15, 0.2) is 0 Å². The van der Waals surface area contributed by atoms with Crippen LogP contribution in [0.15, 0.2) is 0 Å². The summed E-state index contributed by atoms with van der Waals surface area (Å²) in [5.74, 6) is 0.572. The second-order valence-corrected chi connectivity index (χ2v) is 4.66. The van der Waals surface area contributed by atoms with Crippen LogP contribution < -0.4 is 5.32 Å². The zero-order chi connectivity index (χ0) is 9.31. The number of piperazine rings is 1. The van der Waals surface area contributed by atoms with E-state index >= 15 is 0 Å². The van der Waals surface area contributed by atoms with Gasteiger partial charge < -0.3 is 10.4 Å². The monoisotopic (exact) mass is 184 g/mol. The van der Waals surface area contributed by atoms with Crippen LogP contribution in [0.5, 0.6) is 0 Å². The zero-order valence-electron chi connectivity index (χ0n) is 8.42. The van der Waals surface area contributed by atoms with Crippen LogP contribution in [0.25, 0.3) is 0 Å². The number of nitrogens with zero attached hydrogens (tertiary/aromatic N) is 1. The summed E-state index contributed by atoms with van der Waals surface area (Å²) in [6.07, 6.45) is 2.44. The molecule has 1 saturated heterocycles. The third kappa shape index (κ3) is 2.42. The Morgan fingerprint density at radius 3 is 2.54 bits per heavy atom. The standard InChI is InChI=1S/C10H20N2O/c1-10(13,9-2-3-9)8-12-6-4-11-5-7-12/h9,11,13H,2-8H2,1H3. The molecule has 0 radical (unpaired) electrons. The first-order valence-electron chi connectivity index (χ1n) is 5.34. The van der Waals surface area contributed by atoms with E-state index in [1.807, 2.05) is 6.92 Å². The summed E-state index contributed by atoms with van der Waals surface area (Å²) in [4.78, 5) is 2.37. The highest BCUT2D eigenvalue weighted by Gasteiger charge is 2.40. The molecule has 2 rings (SSSR count). The van der Waals surface area contributed by atoms with Gasteiger partial charge in [0.25, 0.3) is 0 Å². The molecule has 1 aliphatic carbocycles. The van der Waals surface area contributed by atoms with Crippen LogP contribution in [-0.2, 0) is 0 Å². The van der Waals surface area contributed by atoms with E-state index in [4.69, 9.17) is 0 Å². The Labute approximate surface area is 80.1 Å².